The molecule has 0 fully saturated rings. The number of nitrogens with zero attached hydrogens (tertiary/aromatic N) is 2. The van der Waals surface area contributed by atoms with Gasteiger partial charge in [-0.25, -0.2) is 0 Å². The lowest BCUT2D eigenvalue weighted by Gasteiger charge is -2.11. The van der Waals surface area contributed by atoms with Gasteiger partial charge >= 0.3 is 0 Å². The van der Waals surface area contributed by atoms with Crippen LogP contribution in [0.3, 0.4) is 0 Å². The third-order valence-corrected chi connectivity index (χ3v) is 2.49. The van der Waals surface area contributed by atoms with Gasteiger partial charge in [-0.1, -0.05) is 0 Å². The summed E-state index contributed by atoms with van der Waals surface area (Å²) in [5, 5.41) is 3.25. The van der Waals surface area contributed by atoms with E-state index in [1.54, 1.807) is 32.8 Å². The number of aromatic nitrogens is 2. The highest BCUT2D eigenvalue weighted by Crippen LogP contribution is 2.29. The highest BCUT2D eigenvalue weighted by molar-refractivity contribution is 5.59. The zero-order chi connectivity index (χ0) is 12.8. The molecule has 0 saturated carbocycles. The molecule has 0 atom stereocenters. The maximum atomic E-state index is 5.30. The Morgan fingerprint density at radius 3 is 2.72 bits per heavy atom. The Morgan fingerprint density at radius 1 is 1.17 bits per heavy atom. The summed E-state index contributed by atoms with van der Waals surface area (Å²) in [5.41, 5.74) is 1.76. The van der Waals surface area contributed by atoms with Crippen LogP contribution in [0.25, 0.3) is 0 Å². The second-order valence-electron chi connectivity index (χ2n) is 3.62. The first kappa shape index (κ1) is 12.2. The van der Waals surface area contributed by atoms with Crippen LogP contribution in [-0.4, -0.2) is 24.2 Å². The van der Waals surface area contributed by atoms with Gasteiger partial charge in [0.25, 0.3) is 0 Å². The van der Waals surface area contributed by atoms with Crippen LogP contribution in [0, 0.1) is 0 Å². The van der Waals surface area contributed by atoms with Crippen molar-refractivity contribution >= 4 is 5.69 Å². The Morgan fingerprint density at radius 2 is 2.06 bits per heavy atom. The predicted octanol–water partition coefficient (Wildman–Crippen LogP) is 2.11. The van der Waals surface area contributed by atoms with Crippen LogP contribution in [0.15, 0.2) is 36.8 Å². The van der Waals surface area contributed by atoms with E-state index in [9.17, 15) is 0 Å². The number of hydrogen-bond acceptors (Lipinski definition) is 5. The van der Waals surface area contributed by atoms with Crippen molar-refractivity contribution in [1.29, 1.82) is 0 Å². The molecule has 0 aliphatic carbocycles. The molecule has 5 nitrogen and oxygen atoms in total. The number of benzene rings is 1. The fourth-order valence-corrected chi connectivity index (χ4v) is 1.55. The van der Waals surface area contributed by atoms with Gasteiger partial charge in [0.15, 0.2) is 0 Å². The topological polar surface area (TPSA) is 56.3 Å². The van der Waals surface area contributed by atoms with Gasteiger partial charge in [-0.2, -0.15) is 0 Å². The normalized spacial score (nSPS) is 9.89. The Balaban J connectivity index is 2.09. The first-order valence-electron chi connectivity index (χ1n) is 5.54. The molecule has 0 bridgehead atoms. The van der Waals surface area contributed by atoms with Gasteiger partial charge in [-0.3, -0.25) is 9.97 Å². The zero-order valence-electron chi connectivity index (χ0n) is 10.4. The summed E-state index contributed by atoms with van der Waals surface area (Å²) in [4.78, 5) is 8.21. The maximum absolute atomic E-state index is 5.30. The molecule has 1 heterocycles. The van der Waals surface area contributed by atoms with E-state index in [1.807, 2.05) is 18.2 Å². The molecule has 1 aromatic heterocycles. The summed E-state index contributed by atoms with van der Waals surface area (Å²) in [5.74, 6) is 1.50. The minimum absolute atomic E-state index is 0.594. The van der Waals surface area contributed by atoms with Gasteiger partial charge in [0, 0.05) is 18.5 Å². The molecule has 0 spiro atoms. The first-order chi connectivity index (χ1) is 8.83. The zero-order valence-corrected chi connectivity index (χ0v) is 10.4. The molecule has 2 aromatic rings. The van der Waals surface area contributed by atoms with Gasteiger partial charge in [0.2, 0.25) is 0 Å². The SMILES string of the molecule is COc1ccc(NCc2cnccn2)c(OC)c1. The Labute approximate surface area is 106 Å². The Hall–Kier alpha value is -2.30. The van der Waals surface area contributed by atoms with E-state index >= 15 is 0 Å². The minimum atomic E-state index is 0.594. The van der Waals surface area contributed by atoms with E-state index in [-0.39, 0.29) is 0 Å². The van der Waals surface area contributed by atoms with Crippen molar-refractivity contribution in [1.82, 2.24) is 9.97 Å². The van der Waals surface area contributed by atoms with Crippen LogP contribution in [0.1, 0.15) is 5.69 Å². The molecule has 0 amide bonds. The molecule has 18 heavy (non-hydrogen) atoms. The summed E-state index contributed by atoms with van der Waals surface area (Å²) in [6.45, 7) is 0.594. The van der Waals surface area contributed by atoms with Crippen LogP contribution in [0.4, 0.5) is 5.69 Å². The smallest absolute Gasteiger partial charge is 0.145 e. The van der Waals surface area contributed by atoms with Crippen LogP contribution in [0.2, 0.25) is 0 Å². The van der Waals surface area contributed by atoms with Gasteiger partial charge in [-0.05, 0) is 12.1 Å². The molecule has 0 saturated heterocycles. The quantitative estimate of drug-likeness (QED) is 0.874. The van der Waals surface area contributed by atoms with Crippen molar-refractivity contribution in [2.45, 2.75) is 6.54 Å². The highest BCUT2D eigenvalue weighted by Gasteiger charge is 2.04. The average Bonchev–Trinajstić information content (AvgIpc) is 2.46. The lowest BCUT2D eigenvalue weighted by molar-refractivity contribution is 0.395. The van der Waals surface area contributed by atoms with Crippen molar-refractivity contribution in [2.75, 3.05) is 19.5 Å². The molecule has 2 rings (SSSR count). The molecule has 0 aliphatic rings. The summed E-state index contributed by atoms with van der Waals surface area (Å²) in [7, 11) is 3.25. The predicted molar refractivity (Wildman–Crippen MR) is 68.9 cm³/mol. The van der Waals surface area contributed by atoms with E-state index in [1.165, 1.54) is 0 Å². The van der Waals surface area contributed by atoms with Crippen molar-refractivity contribution in [2.24, 2.45) is 0 Å². The van der Waals surface area contributed by atoms with Crippen molar-refractivity contribution in [3.63, 3.8) is 0 Å². The number of rotatable bonds is 5. The summed E-state index contributed by atoms with van der Waals surface area (Å²) < 4.78 is 10.4. The van der Waals surface area contributed by atoms with Crippen molar-refractivity contribution < 1.29 is 9.47 Å². The second kappa shape index (κ2) is 5.86. The minimum Gasteiger partial charge on any atom is -0.497 e. The lowest BCUT2D eigenvalue weighted by atomic mass is 10.2. The molecular weight excluding hydrogens is 230 g/mol. The monoisotopic (exact) mass is 245 g/mol. The van der Waals surface area contributed by atoms with Gasteiger partial charge in [0.1, 0.15) is 11.5 Å². The highest BCUT2D eigenvalue weighted by atomic mass is 16.5. The number of ether oxygens (including phenoxy) is 2. The summed E-state index contributed by atoms with van der Waals surface area (Å²) >= 11 is 0. The van der Waals surface area contributed by atoms with Gasteiger partial charge < -0.3 is 14.8 Å². The number of methoxy groups -OCH3 is 2. The van der Waals surface area contributed by atoms with Crippen LogP contribution >= 0.6 is 0 Å². The molecule has 1 N–H and O–H groups in total. The second-order valence-corrected chi connectivity index (χ2v) is 3.62. The largest absolute Gasteiger partial charge is 0.497 e. The van der Waals surface area contributed by atoms with Crippen LogP contribution < -0.4 is 14.8 Å². The van der Waals surface area contributed by atoms with E-state index in [4.69, 9.17) is 9.47 Å². The molecular formula is C13H15N3O2. The third kappa shape index (κ3) is 2.88. The lowest BCUT2D eigenvalue weighted by Crippen LogP contribution is -2.03. The average molecular weight is 245 g/mol. The first-order valence-corrected chi connectivity index (χ1v) is 5.54. The fourth-order valence-electron chi connectivity index (χ4n) is 1.55. The number of nitrogens with one attached hydrogen (secondary N) is 1. The van der Waals surface area contributed by atoms with E-state index in [2.05, 4.69) is 15.3 Å². The number of anilines is 1. The van der Waals surface area contributed by atoms with Crippen LogP contribution in [0.5, 0.6) is 11.5 Å². The maximum Gasteiger partial charge on any atom is 0.145 e. The van der Waals surface area contributed by atoms with E-state index < -0.39 is 0 Å². The van der Waals surface area contributed by atoms with Crippen molar-refractivity contribution in [3.8, 4) is 11.5 Å². The van der Waals surface area contributed by atoms with Crippen LogP contribution in [-0.2, 0) is 6.54 Å². The number of hydrogen-bond donors (Lipinski definition) is 1. The Bertz CT molecular complexity index is 503. The van der Waals surface area contributed by atoms with E-state index in [0.29, 0.717) is 6.54 Å². The molecule has 0 unspecified atom stereocenters. The summed E-state index contributed by atoms with van der Waals surface area (Å²) in [6, 6.07) is 5.62. The van der Waals surface area contributed by atoms with E-state index in [0.717, 1.165) is 22.9 Å². The fraction of sp³-hybridized carbons (Fsp3) is 0.231. The molecule has 94 valence electrons. The standard InChI is InChI=1S/C13H15N3O2/c1-17-11-3-4-12(13(7-11)18-2)16-9-10-8-14-5-6-15-10/h3-8,16H,9H2,1-2H3. The third-order valence-electron chi connectivity index (χ3n) is 2.49. The van der Waals surface area contributed by atoms with Crippen molar-refractivity contribution in [3.05, 3.63) is 42.5 Å². The Kier molecular flexibility index (Phi) is 3.96. The van der Waals surface area contributed by atoms with Gasteiger partial charge in [0.05, 0.1) is 38.3 Å². The molecule has 1 aromatic carbocycles. The molecule has 5 heteroatoms. The summed E-state index contributed by atoms with van der Waals surface area (Å²) in [6.07, 6.45) is 5.04. The molecule has 0 aliphatic heterocycles. The van der Waals surface area contributed by atoms with Gasteiger partial charge in [-0.15, -0.1) is 0 Å². The molecule has 0 radical (unpaired) electrons.